The largest absolute Gasteiger partial charge is 0.591 e. The van der Waals surface area contributed by atoms with Gasteiger partial charge in [0.1, 0.15) is 16.1 Å². The van der Waals surface area contributed by atoms with Crippen LogP contribution in [0.15, 0.2) is 4.40 Å². The molecule has 3 rings (SSSR count). The summed E-state index contributed by atoms with van der Waals surface area (Å²) in [5.41, 5.74) is -0.285. The SMILES string of the molecule is CN1C(=O)C2CCC1(/C=N\[S+]([O-])C(C)(C)C)CC2. The maximum Gasteiger partial charge on any atom is 0.226 e. The smallest absolute Gasteiger partial charge is 0.226 e. The average Bonchev–Trinajstić information content (AvgIpc) is 2.32. The molecule has 0 radical (unpaired) electrons. The van der Waals surface area contributed by atoms with E-state index in [-0.39, 0.29) is 22.1 Å². The molecule has 2 saturated heterocycles. The molecule has 2 aliphatic heterocycles. The van der Waals surface area contributed by atoms with Crippen LogP contribution in [0.4, 0.5) is 0 Å². The van der Waals surface area contributed by atoms with E-state index in [0.717, 1.165) is 25.7 Å². The molecule has 1 unspecified atom stereocenters. The molecule has 1 atom stereocenters. The molecule has 2 heterocycles. The first-order valence-corrected chi connectivity index (χ1v) is 7.62. The number of hydrogen-bond acceptors (Lipinski definition) is 3. The van der Waals surface area contributed by atoms with Crippen molar-refractivity contribution >= 4 is 23.5 Å². The van der Waals surface area contributed by atoms with Gasteiger partial charge in [-0.3, -0.25) is 4.79 Å². The molecular formula is C13H22N2O2S. The fourth-order valence-corrected chi connectivity index (χ4v) is 3.32. The third-order valence-corrected chi connectivity index (χ3v) is 5.46. The molecule has 4 nitrogen and oxygen atoms in total. The highest BCUT2D eigenvalue weighted by molar-refractivity contribution is 7.91. The number of amides is 1. The van der Waals surface area contributed by atoms with Gasteiger partial charge in [-0.15, -0.1) is 0 Å². The molecule has 3 aliphatic rings. The Balaban J connectivity index is 2.16. The van der Waals surface area contributed by atoms with Crippen LogP contribution >= 0.6 is 0 Å². The summed E-state index contributed by atoms with van der Waals surface area (Å²) >= 11 is -1.24. The summed E-state index contributed by atoms with van der Waals surface area (Å²) in [5, 5.41) is 0. The summed E-state index contributed by atoms with van der Waals surface area (Å²) in [5.74, 6) is 0.430. The molecule has 0 aromatic carbocycles. The molecule has 3 fully saturated rings. The van der Waals surface area contributed by atoms with Crippen molar-refractivity contribution in [1.82, 2.24) is 4.90 Å². The Morgan fingerprint density at radius 1 is 1.44 bits per heavy atom. The molecular weight excluding hydrogens is 248 g/mol. The summed E-state index contributed by atoms with van der Waals surface area (Å²) in [6.07, 6.45) is 5.56. The zero-order valence-corrected chi connectivity index (χ0v) is 12.4. The maximum absolute atomic E-state index is 12.0. The molecule has 0 aromatic heterocycles. The van der Waals surface area contributed by atoms with Gasteiger partial charge in [-0.05, 0) is 46.5 Å². The van der Waals surface area contributed by atoms with E-state index in [1.165, 1.54) is 0 Å². The Kier molecular flexibility index (Phi) is 3.49. The van der Waals surface area contributed by atoms with Crippen LogP contribution in [0.1, 0.15) is 46.5 Å². The van der Waals surface area contributed by atoms with E-state index in [2.05, 4.69) is 4.40 Å². The Morgan fingerprint density at radius 3 is 2.50 bits per heavy atom. The second kappa shape index (κ2) is 4.53. The van der Waals surface area contributed by atoms with Crippen molar-refractivity contribution in [2.45, 2.75) is 56.7 Å². The van der Waals surface area contributed by atoms with E-state index in [1.54, 1.807) is 6.21 Å². The number of hydrogen-bond donors (Lipinski definition) is 0. The molecule has 18 heavy (non-hydrogen) atoms. The van der Waals surface area contributed by atoms with Crippen molar-refractivity contribution in [1.29, 1.82) is 0 Å². The maximum atomic E-state index is 12.0. The highest BCUT2D eigenvalue weighted by Crippen LogP contribution is 2.42. The first kappa shape index (κ1) is 13.9. The van der Waals surface area contributed by atoms with Crippen LogP contribution < -0.4 is 0 Å². The zero-order valence-electron chi connectivity index (χ0n) is 11.6. The molecule has 0 aromatic rings. The Hall–Kier alpha value is -0.550. The lowest BCUT2D eigenvalue weighted by Crippen LogP contribution is -2.60. The number of piperidine rings is 2. The van der Waals surface area contributed by atoms with E-state index in [1.807, 2.05) is 32.7 Å². The van der Waals surface area contributed by atoms with Crippen LogP contribution in [0.3, 0.4) is 0 Å². The zero-order chi connectivity index (χ0) is 13.6. The van der Waals surface area contributed by atoms with Crippen LogP contribution in [0, 0.1) is 5.92 Å². The second-order valence-corrected chi connectivity index (χ2v) is 8.31. The van der Waals surface area contributed by atoms with Crippen molar-refractivity contribution in [3.05, 3.63) is 0 Å². The van der Waals surface area contributed by atoms with Gasteiger partial charge in [0.05, 0.1) is 11.8 Å². The summed E-state index contributed by atoms with van der Waals surface area (Å²) in [4.78, 5) is 13.8. The molecule has 1 aliphatic carbocycles. The van der Waals surface area contributed by atoms with Gasteiger partial charge in [0.25, 0.3) is 0 Å². The highest BCUT2D eigenvalue weighted by Gasteiger charge is 2.49. The first-order valence-electron chi connectivity index (χ1n) is 6.51. The third-order valence-electron chi connectivity index (χ3n) is 4.11. The molecule has 102 valence electrons. The van der Waals surface area contributed by atoms with Crippen LogP contribution in [0.2, 0.25) is 0 Å². The highest BCUT2D eigenvalue weighted by atomic mass is 32.2. The topological polar surface area (TPSA) is 55.7 Å². The second-order valence-electron chi connectivity index (χ2n) is 6.37. The van der Waals surface area contributed by atoms with E-state index in [9.17, 15) is 9.35 Å². The van der Waals surface area contributed by atoms with E-state index < -0.39 is 11.4 Å². The lowest BCUT2D eigenvalue weighted by Gasteiger charge is -2.50. The van der Waals surface area contributed by atoms with Crippen LogP contribution in [0.5, 0.6) is 0 Å². The number of carbonyl (C=O) groups is 1. The fourth-order valence-electron chi connectivity index (χ4n) is 2.71. The predicted molar refractivity (Wildman–Crippen MR) is 73.8 cm³/mol. The summed E-state index contributed by atoms with van der Waals surface area (Å²) in [7, 11) is 1.85. The van der Waals surface area contributed by atoms with Crippen LogP contribution in [-0.4, -0.2) is 38.9 Å². The fraction of sp³-hybridized carbons (Fsp3) is 0.846. The van der Waals surface area contributed by atoms with Gasteiger partial charge in [-0.25, -0.2) is 0 Å². The van der Waals surface area contributed by atoms with Gasteiger partial charge < -0.3 is 9.45 Å². The third kappa shape index (κ3) is 2.30. The molecule has 2 bridgehead atoms. The van der Waals surface area contributed by atoms with Gasteiger partial charge in [0.15, 0.2) is 0 Å². The summed E-state index contributed by atoms with van der Waals surface area (Å²) < 4.78 is 15.9. The minimum atomic E-state index is -1.24. The quantitative estimate of drug-likeness (QED) is 0.568. The number of rotatable bonds is 2. The Bertz CT molecular complexity index is 368. The minimum absolute atomic E-state index is 0.207. The molecule has 1 amide bonds. The predicted octanol–water partition coefficient (Wildman–Crippen LogP) is 1.92. The van der Waals surface area contributed by atoms with Crippen molar-refractivity contribution in [3.8, 4) is 0 Å². The van der Waals surface area contributed by atoms with Gasteiger partial charge in [-0.1, -0.05) is 4.40 Å². The number of carbonyl (C=O) groups excluding carboxylic acids is 1. The van der Waals surface area contributed by atoms with Gasteiger partial charge in [0.2, 0.25) is 5.91 Å². The lowest BCUT2D eigenvalue weighted by atomic mass is 9.71. The van der Waals surface area contributed by atoms with Crippen LogP contribution in [0.25, 0.3) is 0 Å². The minimum Gasteiger partial charge on any atom is -0.591 e. The van der Waals surface area contributed by atoms with Gasteiger partial charge in [0, 0.05) is 13.0 Å². The van der Waals surface area contributed by atoms with Gasteiger partial charge >= 0.3 is 0 Å². The Labute approximate surface area is 112 Å². The summed E-state index contributed by atoms with van der Waals surface area (Å²) in [6.45, 7) is 5.72. The van der Waals surface area contributed by atoms with Gasteiger partial charge in [-0.2, -0.15) is 0 Å². The van der Waals surface area contributed by atoms with Crippen molar-refractivity contribution < 1.29 is 9.35 Å². The van der Waals surface area contributed by atoms with E-state index >= 15 is 0 Å². The molecule has 0 spiro atoms. The van der Waals surface area contributed by atoms with E-state index in [0.29, 0.717) is 0 Å². The van der Waals surface area contributed by atoms with Crippen molar-refractivity contribution in [2.24, 2.45) is 10.3 Å². The normalized spacial score (nSPS) is 34.4. The van der Waals surface area contributed by atoms with E-state index in [4.69, 9.17) is 0 Å². The summed E-state index contributed by atoms with van der Waals surface area (Å²) in [6, 6.07) is 0. The van der Waals surface area contributed by atoms with Crippen LogP contribution in [-0.2, 0) is 16.2 Å². The lowest BCUT2D eigenvalue weighted by molar-refractivity contribution is -0.147. The Morgan fingerprint density at radius 2 is 2.00 bits per heavy atom. The monoisotopic (exact) mass is 270 g/mol. The number of nitrogens with zero attached hydrogens (tertiary/aromatic N) is 2. The molecule has 0 N–H and O–H groups in total. The van der Waals surface area contributed by atoms with Crippen molar-refractivity contribution in [2.75, 3.05) is 7.05 Å². The standard InChI is InChI=1S/C13H22N2O2S/c1-12(2,3)18(17)14-9-13-7-5-10(6-8-13)11(16)15(13)4/h9-10H,5-8H2,1-4H3/b14-9-. The first-order chi connectivity index (χ1) is 8.26. The number of fused-ring (bicyclic) bond motifs is 3. The average molecular weight is 270 g/mol. The van der Waals surface area contributed by atoms with Crippen molar-refractivity contribution in [3.63, 3.8) is 0 Å². The molecule has 1 saturated carbocycles. The molecule has 5 heteroatoms.